The zero-order valence-electron chi connectivity index (χ0n) is 8.79. The van der Waals surface area contributed by atoms with Crippen molar-refractivity contribution in [2.45, 2.75) is 12.8 Å². The topological polar surface area (TPSA) is 9.72 Å². The van der Waals surface area contributed by atoms with Crippen LogP contribution in [-0.2, 0) is 0 Å². The van der Waals surface area contributed by atoms with E-state index in [0.717, 1.165) is 12.8 Å². The van der Waals surface area contributed by atoms with E-state index < -0.39 is 7.68 Å². The molecule has 0 aromatic carbocycles. The molecular weight excluding hydrogens is 207 g/mol. The molecule has 14 heavy (non-hydrogen) atoms. The Balaban J connectivity index is 2.32. The second-order valence-corrected chi connectivity index (χ2v) is 7.71. The van der Waals surface area contributed by atoms with Gasteiger partial charge in [0.25, 0.3) is 0 Å². The fraction of sp³-hybridized carbons (Fsp3) is 1.00. The summed E-state index contributed by atoms with van der Waals surface area (Å²) in [5.41, 5.74) is 0. The van der Waals surface area contributed by atoms with Crippen LogP contribution in [0.5, 0.6) is 0 Å². The molecule has 3 nitrogen and oxygen atoms in total. The van der Waals surface area contributed by atoms with Gasteiger partial charge in [0, 0.05) is 0 Å². The van der Waals surface area contributed by atoms with E-state index in [-0.39, 0.29) is 0 Å². The van der Waals surface area contributed by atoms with Crippen molar-refractivity contribution in [2.75, 3.05) is 40.3 Å². The van der Waals surface area contributed by atoms with Crippen molar-refractivity contribution in [3.63, 3.8) is 0 Å². The quantitative estimate of drug-likeness (QED) is 0.632. The Kier molecular flexibility index (Phi) is 2.35. The molecule has 6 heteroatoms. The number of halogens is 2. The van der Waals surface area contributed by atoms with Crippen LogP contribution in [0.1, 0.15) is 12.8 Å². The summed E-state index contributed by atoms with van der Waals surface area (Å²) >= 11 is 0. The fourth-order valence-corrected chi connectivity index (χ4v) is 5.51. The van der Waals surface area contributed by atoms with E-state index in [1.54, 1.807) is 14.1 Å². The van der Waals surface area contributed by atoms with Crippen LogP contribution in [0, 0.1) is 0 Å². The van der Waals surface area contributed by atoms with Gasteiger partial charge < -0.3 is 0 Å². The number of hydrogen-bond acceptors (Lipinski definition) is 3. The van der Waals surface area contributed by atoms with E-state index in [4.69, 9.17) is 0 Å². The second-order valence-electron chi connectivity index (χ2n) is 4.21. The molecule has 0 amide bonds. The molecule has 2 fully saturated rings. The zero-order valence-corrected chi connectivity index (χ0v) is 9.68. The molecule has 0 radical (unpaired) electrons. The van der Waals surface area contributed by atoms with Crippen LogP contribution in [-0.4, -0.2) is 54.3 Å². The first-order chi connectivity index (χ1) is 6.46. The van der Waals surface area contributed by atoms with E-state index in [2.05, 4.69) is 0 Å². The number of rotatable bonds is 1. The summed E-state index contributed by atoms with van der Waals surface area (Å²) in [6.45, 7) is 2.08. The fourth-order valence-electron chi connectivity index (χ4n) is 2.34. The molecule has 0 bridgehead atoms. The van der Waals surface area contributed by atoms with E-state index in [1.807, 2.05) is 0 Å². The summed E-state index contributed by atoms with van der Waals surface area (Å²) in [6, 6.07) is 0. The van der Waals surface area contributed by atoms with Gasteiger partial charge in [0.15, 0.2) is 0 Å². The molecule has 0 aromatic heterocycles. The van der Waals surface area contributed by atoms with Gasteiger partial charge in [0.1, 0.15) is 0 Å². The normalized spacial score (nSPS) is 37.0. The van der Waals surface area contributed by atoms with Gasteiger partial charge in [-0.25, -0.2) is 0 Å². The van der Waals surface area contributed by atoms with Crippen molar-refractivity contribution in [1.82, 2.24) is 14.0 Å². The molecule has 2 rings (SSSR count). The molecule has 2 aliphatic rings. The number of nitrogens with zero attached hydrogens (tertiary/aromatic N) is 3. The molecule has 0 spiro atoms. The molecular formula is C8H18F2N3P. The molecule has 2 aliphatic heterocycles. The molecule has 0 atom stereocenters. The van der Waals surface area contributed by atoms with Crippen LogP contribution >= 0.6 is 7.68 Å². The van der Waals surface area contributed by atoms with Gasteiger partial charge in [0.05, 0.1) is 0 Å². The maximum absolute atomic E-state index is 14.7. The summed E-state index contributed by atoms with van der Waals surface area (Å²) in [5.74, 6) is 0. The molecule has 0 saturated carbocycles. The predicted molar refractivity (Wildman–Crippen MR) is 55.2 cm³/mol. The molecule has 2 saturated heterocycles. The van der Waals surface area contributed by atoms with Crippen LogP contribution in [0.2, 0.25) is 0 Å². The Morgan fingerprint density at radius 3 is 1.71 bits per heavy atom. The van der Waals surface area contributed by atoms with Crippen LogP contribution in [0.4, 0.5) is 8.39 Å². The number of hydrogen-bond donors (Lipinski definition) is 0. The van der Waals surface area contributed by atoms with E-state index >= 15 is 0 Å². The predicted octanol–water partition coefficient (Wildman–Crippen LogP) is 2.03. The van der Waals surface area contributed by atoms with Crippen molar-refractivity contribution in [3.05, 3.63) is 0 Å². The van der Waals surface area contributed by atoms with Crippen molar-refractivity contribution < 1.29 is 8.39 Å². The van der Waals surface area contributed by atoms with Crippen LogP contribution in [0.25, 0.3) is 0 Å². The van der Waals surface area contributed by atoms with Gasteiger partial charge >= 0.3 is 83.2 Å². The summed E-state index contributed by atoms with van der Waals surface area (Å²) in [7, 11) is -1.73. The van der Waals surface area contributed by atoms with Gasteiger partial charge in [-0.05, 0) is 0 Å². The monoisotopic (exact) mass is 225 g/mol. The summed E-state index contributed by atoms with van der Waals surface area (Å²) in [6.07, 6.45) is 1.82. The van der Waals surface area contributed by atoms with E-state index in [0.29, 0.717) is 26.2 Å². The van der Waals surface area contributed by atoms with Crippen LogP contribution in [0.3, 0.4) is 0 Å². The Morgan fingerprint density at radius 1 is 0.857 bits per heavy atom. The molecule has 84 valence electrons. The third kappa shape index (κ3) is 1.16. The third-order valence-electron chi connectivity index (χ3n) is 3.42. The average Bonchev–Trinajstić information content (AvgIpc) is 2.71. The average molecular weight is 225 g/mol. The molecule has 0 N–H and O–H groups in total. The summed E-state index contributed by atoms with van der Waals surface area (Å²) < 4.78 is 33.5. The van der Waals surface area contributed by atoms with Crippen molar-refractivity contribution >= 4 is 7.68 Å². The minimum absolute atomic E-state index is 0.484. The van der Waals surface area contributed by atoms with Crippen molar-refractivity contribution in [2.24, 2.45) is 0 Å². The first-order valence-electron chi connectivity index (χ1n) is 5.10. The van der Waals surface area contributed by atoms with E-state index in [9.17, 15) is 8.39 Å². The summed E-state index contributed by atoms with van der Waals surface area (Å²) in [5, 5.41) is 0. The van der Waals surface area contributed by atoms with Crippen LogP contribution < -0.4 is 0 Å². The van der Waals surface area contributed by atoms with Gasteiger partial charge in [-0.3, -0.25) is 0 Å². The molecule has 2 heterocycles. The molecule has 0 aliphatic carbocycles. The second kappa shape index (κ2) is 3.08. The van der Waals surface area contributed by atoms with Gasteiger partial charge in [0.2, 0.25) is 0 Å². The number of likely N-dealkylation sites (N-methyl/N-ethyl adjacent to an activating group) is 2. The Bertz CT molecular complexity index is 229. The zero-order chi connectivity index (χ0) is 10.4. The minimum atomic E-state index is -4.84. The standard InChI is InChI=1S/C8H18F2N3P/c1-11-7-8-12(2)14(11,9,10)13-5-3-4-6-13/h3-8H2,1-2H3. The first kappa shape index (κ1) is 10.7. The Morgan fingerprint density at radius 2 is 1.29 bits per heavy atom. The van der Waals surface area contributed by atoms with E-state index in [1.165, 1.54) is 14.0 Å². The Labute approximate surface area is 84.0 Å². The van der Waals surface area contributed by atoms with Gasteiger partial charge in [-0.2, -0.15) is 0 Å². The van der Waals surface area contributed by atoms with Crippen molar-refractivity contribution in [3.8, 4) is 0 Å². The SMILES string of the molecule is CN1CCN(C)P1(F)(F)N1CCCC1. The first-order valence-corrected chi connectivity index (χ1v) is 6.97. The third-order valence-corrected chi connectivity index (χ3v) is 7.41. The van der Waals surface area contributed by atoms with Crippen LogP contribution in [0.15, 0.2) is 0 Å². The van der Waals surface area contributed by atoms with Crippen molar-refractivity contribution in [1.29, 1.82) is 0 Å². The summed E-state index contributed by atoms with van der Waals surface area (Å²) in [4.78, 5) is 0. The molecule has 0 aromatic rings. The maximum atomic E-state index is 14.7. The Hall–Kier alpha value is 0.170. The van der Waals surface area contributed by atoms with Gasteiger partial charge in [-0.1, -0.05) is 0 Å². The van der Waals surface area contributed by atoms with Gasteiger partial charge in [-0.15, -0.1) is 0 Å². The molecule has 0 unspecified atom stereocenters.